The van der Waals surface area contributed by atoms with Crippen molar-refractivity contribution >= 4 is 16.7 Å². The number of carbonyl (C=O) groups is 1. The number of fused-ring (bicyclic) bond motifs is 1. The van der Waals surface area contributed by atoms with E-state index < -0.39 is 5.97 Å². The zero-order valence-corrected chi connectivity index (χ0v) is 14.1. The first-order valence-electron chi connectivity index (χ1n) is 8.38. The second-order valence-electron chi connectivity index (χ2n) is 5.97. The van der Waals surface area contributed by atoms with Crippen molar-refractivity contribution in [3.63, 3.8) is 0 Å². The molecule has 0 atom stereocenters. The van der Waals surface area contributed by atoms with Gasteiger partial charge < -0.3 is 4.74 Å². The van der Waals surface area contributed by atoms with Gasteiger partial charge in [0.1, 0.15) is 11.9 Å². The van der Waals surface area contributed by atoms with Crippen LogP contribution in [0.1, 0.15) is 16.1 Å². The van der Waals surface area contributed by atoms with Crippen molar-refractivity contribution in [3.05, 3.63) is 103 Å². The minimum absolute atomic E-state index is 0.407. The molecular weight excluding hydrogens is 324 g/mol. The SMILES string of the molecule is O=C(Oc1ccc2ccccc2c1)c1cncc[n+]1Cc1ccccc1. The van der Waals surface area contributed by atoms with E-state index in [-0.39, 0.29) is 0 Å². The molecule has 0 unspecified atom stereocenters. The Morgan fingerprint density at radius 2 is 1.69 bits per heavy atom. The third kappa shape index (κ3) is 3.44. The normalized spacial score (nSPS) is 10.6. The van der Waals surface area contributed by atoms with Crippen LogP contribution in [0, 0.1) is 0 Å². The summed E-state index contributed by atoms with van der Waals surface area (Å²) < 4.78 is 7.43. The molecule has 4 nitrogen and oxygen atoms in total. The van der Waals surface area contributed by atoms with Crippen molar-refractivity contribution < 1.29 is 14.1 Å². The summed E-state index contributed by atoms with van der Waals surface area (Å²) in [6, 6.07) is 23.5. The van der Waals surface area contributed by atoms with E-state index >= 15 is 0 Å². The van der Waals surface area contributed by atoms with E-state index in [9.17, 15) is 4.79 Å². The van der Waals surface area contributed by atoms with Gasteiger partial charge in [0.05, 0.1) is 6.20 Å². The predicted octanol–water partition coefficient (Wildman–Crippen LogP) is 3.79. The third-order valence-electron chi connectivity index (χ3n) is 4.18. The Labute approximate surface area is 151 Å². The van der Waals surface area contributed by atoms with Gasteiger partial charge in [0.15, 0.2) is 12.7 Å². The number of hydrogen-bond acceptors (Lipinski definition) is 3. The van der Waals surface area contributed by atoms with E-state index in [0.29, 0.717) is 18.0 Å². The van der Waals surface area contributed by atoms with Crippen molar-refractivity contribution in [2.45, 2.75) is 6.54 Å². The Balaban J connectivity index is 1.59. The highest BCUT2D eigenvalue weighted by Gasteiger charge is 2.22. The number of aromatic nitrogens is 2. The topological polar surface area (TPSA) is 43.1 Å². The molecule has 0 spiro atoms. The number of ether oxygens (including phenoxy) is 1. The number of hydrogen-bond donors (Lipinski definition) is 0. The zero-order valence-electron chi connectivity index (χ0n) is 14.1. The van der Waals surface area contributed by atoms with Crippen molar-refractivity contribution in [1.82, 2.24) is 4.98 Å². The van der Waals surface area contributed by atoms with Crippen molar-refractivity contribution in [3.8, 4) is 5.75 Å². The summed E-state index contributed by atoms with van der Waals surface area (Å²) in [4.78, 5) is 16.8. The number of nitrogens with zero attached hydrogens (tertiary/aromatic N) is 2. The van der Waals surface area contributed by atoms with Crippen LogP contribution in [0.25, 0.3) is 10.8 Å². The molecule has 0 saturated heterocycles. The van der Waals surface area contributed by atoms with Gasteiger partial charge in [-0.3, -0.25) is 4.98 Å². The van der Waals surface area contributed by atoms with E-state index in [1.807, 2.05) is 71.3 Å². The maximum atomic E-state index is 12.7. The first kappa shape index (κ1) is 16.0. The molecule has 3 aromatic carbocycles. The molecule has 0 bridgehead atoms. The largest absolute Gasteiger partial charge is 0.418 e. The lowest BCUT2D eigenvalue weighted by Gasteiger charge is -2.06. The summed E-state index contributed by atoms with van der Waals surface area (Å²) in [5, 5.41) is 2.13. The van der Waals surface area contributed by atoms with Crippen molar-refractivity contribution in [2.24, 2.45) is 0 Å². The van der Waals surface area contributed by atoms with Gasteiger partial charge in [-0.05, 0) is 22.9 Å². The number of benzene rings is 3. The van der Waals surface area contributed by atoms with Gasteiger partial charge in [-0.1, -0.05) is 60.7 Å². The predicted molar refractivity (Wildman–Crippen MR) is 98.9 cm³/mol. The van der Waals surface area contributed by atoms with E-state index in [1.54, 1.807) is 18.5 Å². The second-order valence-corrected chi connectivity index (χ2v) is 5.97. The van der Waals surface area contributed by atoms with Crippen LogP contribution in [0.15, 0.2) is 91.4 Å². The molecule has 1 aromatic heterocycles. The van der Waals surface area contributed by atoms with Crippen LogP contribution in [0.4, 0.5) is 0 Å². The molecule has 4 heteroatoms. The van der Waals surface area contributed by atoms with Crippen LogP contribution in [0.2, 0.25) is 0 Å². The zero-order chi connectivity index (χ0) is 17.8. The van der Waals surface area contributed by atoms with Crippen molar-refractivity contribution in [2.75, 3.05) is 0 Å². The molecule has 0 aliphatic rings. The van der Waals surface area contributed by atoms with Crippen LogP contribution >= 0.6 is 0 Å². The molecule has 0 aliphatic carbocycles. The fourth-order valence-electron chi connectivity index (χ4n) is 2.87. The summed E-state index contributed by atoms with van der Waals surface area (Å²) in [7, 11) is 0. The minimum Gasteiger partial charge on any atom is -0.418 e. The molecule has 0 fully saturated rings. The fraction of sp³-hybridized carbons (Fsp3) is 0.0455. The van der Waals surface area contributed by atoms with Crippen LogP contribution < -0.4 is 9.30 Å². The van der Waals surface area contributed by atoms with Crippen LogP contribution in [-0.2, 0) is 6.54 Å². The van der Waals surface area contributed by atoms with Gasteiger partial charge >= 0.3 is 11.7 Å². The highest BCUT2D eigenvalue weighted by molar-refractivity contribution is 5.89. The third-order valence-corrected chi connectivity index (χ3v) is 4.18. The number of rotatable bonds is 4. The average molecular weight is 341 g/mol. The standard InChI is InChI=1S/C22H17N2O2/c25-22(26-20-11-10-18-8-4-5-9-19(18)14-20)21-15-23-12-13-24(21)16-17-6-2-1-3-7-17/h1-15H,16H2/q+1. The number of esters is 1. The van der Waals surface area contributed by atoms with Crippen LogP contribution in [0.3, 0.4) is 0 Å². The molecule has 1 heterocycles. The second kappa shape index (κ2) is 7.15. The lowest BCUT2D eigenvalue weighted by Crippen LogP contribution is -2.42. The molecule has 26 heavy (non-hydrogen) atoms. The Morgan fingerprint density at radius 1 is 0.923 bits per heavy atom. The van der Waals surface area contributed by atoms with E-state index in [0.717, 1.165) is 16.3 Å². The highest BCUT2D eigenvalue weighted by atomic mass is 16.5. The fourth-order valence-corrected chi connectivity index (χ4v) is 2.87. The van der Waals surface area contributed by atoms with Gasteiger partial charge in [-0.15, -0.1) is 0 Å². The molecule has 0 saturated carbocycles. The quantitative estimate of drug-likeness (QED) is 0.322. The Morgan fingerprint density at radius 3 is 2.54 bits per heavy atom. The maximum absolute atomic E-state index is 12.7. The molecular formula is C22H17N2O2+. The summed E-state index contributed by atoms with van der Waals surface area (Å²) in [5.41, 5.74) is 1.51. The van der Waals surface area contributed by atoms with Crippen LogP contribution in [-0.4, -0.2) is 11.0 Å². The monoisotopic (exact) mass is 341 g/mol. The maximum Gasteiger partial charge on any atom is 0.410 e. The number of carbonyl (C=O) groups excluding carboxylic acids is 1. The van der Waals surface area contributed by atoms with Gasteiger partial charge in [0.2, 0.25) is 0 Å². The first-order valence-corrected chi connectivity index (χ1v) is 8.38. The van der Waals surface area contributed by atoms with Gasteiger partial charge in [-0.2, -0.15) is 4.57 Å². The Hall–Kier alpha value is -3.53. The summed E-state index contributed by atoms with van der Waals surface area (Å²) in [5.74, 6) is 0.0909. The van der Waals surface area contributed by atoms with E-state index in [2.05, 4.69) is 4.98 Å². The van der Waals surface area contributed by atoms with Crippen molar-refractivity contribution in [1.29, 1.82) is 0 Å². The Kier molecular flexibility index (Phi) is 4.39. The molecule has 126 valence electrons. The van der Waals surface area contributed by atoms with Gasteiger partial charge in [-0.25, -0.2) is 4.79 Å². The molecule has 0 aliphatic heterocycles. The van der Waals surface area contributed by atoms with E-state index in [1.165, 1.54) is 6.20 Å². The lowest BCUT2D eigenvalue weighted by atomic mass is 10.1. The summed E-state index contributed by atoms with van der Waals surface area (Å²) in [6.45, 7) is 0.575. The molecule has 4 rings (SSSR count). The Bertz CT molecular complexity index is 1060. The summed E-state index contributed by atoms with van der Waals surface area (Å²) >= 11 is 0. The smallest absolute Gasteiger partial charge is 0.410 e. The average Bonchev–Trinajstić information content (AvgIpc) is 2.69. The molecule has 0 N–H and O–H groups in total. The summed E-state index contributed by atoms with van der Waals surface area (Å²) in [6.07, 6.45) is 4.98. The molecule has 4 aromatic rings. The molecule has 0 amide bonds. The lowest BCUT2D eigenvalue weighted by molar-refractivity contribution is -0.691. The van der Waals surface area contributed by atoms with Gasteiger partial charge in [0.25, 0.3) is 0 Å². The minimum atomic E-state index is -0.427. The van der Waals surface area contributed by atoms with Crippen LogP contribution in [0.5, 0.6) is 5.75 Å². The van der Waals surface area contributed by atoms with Gasteiger partial charge in [0, 0.05) is 5.56 Å². The highest BCUT2D eigenvalue weighted by Crippen LogP contribution is 2.21. The van der Waals surface area contributed by atoms with E-state index in [4.69, 9.17) is 4.74 Å². The molecule has 0 radical (unpaired) electrons. The first-order chi connectivity index (χ1) is 12.8.